The van der Waals surface area contributed by atoms with E-state index in [1.54, 1.807) is 12.1 Å². The Balaban J connectivity index is 0.00000261. The van der Waals surface area contributed by atoms with Crippen molar-refractivity contribution in [2.75, 3.05) is 19.6 Å². The summed E-state index contributed by atoms with van der Waals surface area (Å²) in [5.41, 5.74) is 3.52. The van der Waals surface area contributed by atoms with Crippen molar-refractivity contribution in [3.63, 3.8) is 0 Å². The lowest BCUT2D eigenvalue weighted by atomic mass is 10.0. The van der Waals surface area contributed by atoms with Crippen LogP contribution in [0.1, 0.15) is 47.9 Å². The average molecular weight is 394 g/mol. The number of amides is 1. The number of aryl methyl sites for hydroxylation is 1. The Morgan fingerprint density at radius 1 is 1.22 bits per heavy atom. The second-order valence-electron chi connectivity index (χ2n) is 7.08. The van der Waals surface area contributed by atoms with E-state index >= 15 is 0 Å². The second-order valence-corrected chi connectivity index (χ2v) is 7.08. The molecule has 0 radical (unpaired) electrons. The Labute approximate surface area is 167 Å². The van der Waals surface area contributed by atoms with E-state index in [0.717, 1.165) is 61.5 Å². The van der Waals surface area contributed by atoms with Crippen molar-refractivity contribution in [3.8, 4) is 5.69 Å². The number of hydrogen-bond donors (Lipinski definition) is 1. The summed E-state index contributed by atoms with van der Waals surface area (Å²) in [6.07, 6.45) is 2.96. The van der Waals surface area contributed by atoms with Gasteiger partial charge >= 0.3 is 0 Å². The highest BCUT2D eigenvalue weighted by atomic mass is 35.5. The van der Waals surface area contributed by atoms with Gasteiger partial charge in [-0.2, -0.15) is 0 Å². The zero-order valence-electron chi connectivity index (χ0n) is 16.3. The van der Waals surface area contributed by atoms with Crippen molar-refractivity contribution in [3.05, 3.63) is 53.1 Å². The highest BCUT2D eigenvalue weighted by Gasteiger charge is 2.28. The maximum absolute atomic E-state index is 13.3. The fourth-order valence-corrected chi connectivity index (χ4v) is 3.93. The second kappa shape index (κ2) is 9.38. The third-order valence-electron chi connectivity index (χ3n) is 5.22. The molecule has 1 aromatic heterocycles. The quantitative estimate of drug-likeness (QED) is 0.824. The van der Waals surface area contributed by atoms with Crippen LogP contribution in [0.2, 0.25) is 0 Å². The zero-order valence-corrected chi connectivity index (χ0v) is 17.1. The SMILES string of the molecule is CCCN(C(=O)c1cc(C)n(-c2ccc(F)cc2)c1C)C1CCNCC1.Cl. The van der Waals surface area contributed by atoms with E-state index in [2.05, 4.69) is 17.1 Å². The first-order chi connectivity index (χ1) is 12.5. The Morgan fingerprint density at radius 2 is 1.85 bits per heavy atom. The molecule has 148 valence electrons. The van der Waals surface area contributed by atoms with Crippen molar-refractivity contribution in [2.24, 2.45) is 0 Å². The molecule has 1 aromatic carbocycles. The van der Waals surface area contributed by atoms with Gasteiger partial charge in [-0.1, -0.05) is 6.92 Å². The molecule has 0 atom stereocenters. The van der Waals surface area contributed by atoms with Crippen molar-refractivity contribution >= 4 is 18.3 Å². The number of nitrogens with one attached hydrogen (secondary N) is 1. The van der Waals surface area contributed by atoms with Gasteiger partial charge in [0.1, 0.15) is 5.82 Å². The van der Waals surface area contributed by atoms with Crippen LogP contribution in [0.15, 0.2) is 30.3 Å². The van der Waals surface area contributed by atoms with E-state index in [-0.39, 0.29) is 24.1 Å². The molecule has 0 saturated carbocycles. The van der Waals surface area contributed by atoms with Crippen LogP contribution < -0.4 is 5.32 Å². The minimum Gasteiger partial charge on any atom is -0.336 e. The predicted molar refractivity (Wildman–Crippen MR) is 110 cm³/mol. The van der Waals surface area contributed by atoms with Crippen molar-refractivity contribution in [1.29, 1.82) is 0 Å². The predicted octanol–water partition coefficient (Wildman–Crippen LogP) is 4.26. The molecular formula is C21H29ClFN3O. The van der Waals surface area contributed by atoms with Gasteiger partial charge in [0.05, 0.1) is 5.56 Å². The third kappa shape index (κ3) is 4.53. The van der Waals surface area contributed by atoms with Crippen LogP contribution >= 0.6 is 12.4 Å². The van der Waals surface area contributed by atoms with E-state index in [1.165, 1.54) is 12.1 Å². The molecule has 2 aromatic rings. The number of benzene rings is 1. The number of halogens is 2. The summed E-state index contributed by atoms with van der Waals surface area (Å²) in [7, 11) is 0. The van der Waals surface area contributed by atoms with Crippen LogP contribution in [-0.4, -0.2) is 41.1 Å². The molecule has 0 spiro atoms. The van der Waals surface area contributed by atoms with Crippen LogP contribution in [0, 0.1) is 19.7 Å². The molecule has 0 aliphatic carbocycles. The maximum Gasteiger partial charge on any atom is 0.255 e. The van der Waals surface area contributed by atoms with Gasteiger partial charge in [0.2, 0.25) is 0 Å². The number of carbonyl (C=O) groups is 1. The molecule has 0 unspecified atom stereocenters. The average Bonchev–Trinajstić information content (AvgIpc) is 2.95. The number of hydrogen-bond acceptors (Lipinski definition) is 2. The number of piperidine rings is 1. The van der Waals surface area contributed by atoms with Gasteiger partial charge in [-0.25, -0.2) is 4.39 Å². The van der Waals surface area contributed by atoms with E-state index in [1.807, 2.05) is 24.5 Å². The van der Waals surface area contributed by atoms with Crippen molar-refractivity contribution in [2.45, 2.75) is 46.1 Å². The molecule has 1 aliphatic rings. The highest BCUT2D eigenvalue weighted by Crippen LogP contribution is 2.24. The van der Waals surface area contributed by atoms with E-state index < -0.39 is 0 Å². The first kappa shape index (κ1) is 21.5. The number of carbonyl (C=O) groups excluding carboxylic acids is 1. The van der Waals surface area contributed by atoms with Gasteiger partial charge in [-0.05, 0) is 76.5 Å². The molecule has 1 amide bonds. The van der Waals surface area contributed by atoms with Gasteiger partial charge in [-0.3, -0.25) is 4.79 Å². The van der Waals surface area contributed by atoms with E-state index in [0.29, 0.717) is 6.04 Å². The normalized spacial score (nSPS) is 14.7. The topological polar surface area (TPSA) is 37.3 Å². The first-order valence-corrected chi connectivity index (χ1v) is 9.49. The minimum atomic E-state index is -0.257. The van der Waals surface area contributed by atoms with Gasteiger partial charge in [0, 0.05) is 29.7 Å². The maximum atomic E-state index is 13.3. The minimum absolute atomic E-state index is 0. The standard InChI is InChI=1S/C21H28FN3O.ClH/c1-4-13-24(18-9-11-23-12-10-18)21(26)20-14-15(2)25(16(20)3)19-7-5-17(22)6-8-19;/h5-8,14,18,23H,4,9-13H2,1-3H3;1H. The van der Waals surface area contributed by atoms with E-state index in [4.69, 9.17) is 0 Å². The molecule has 27 heavy (non-hydrogen) atoms. The summed E-state index contributed by atoms with van der Waals surface area (Å²) in [5.74, 6) is -0.146. The Morgan fingerprint density at radius 3 is 2.44 bits per heavy atom. The fourth-order valence-electron chi connectivity index (χ4n) is 3.93. The molecule has 2 heterocycles. The van der Waals surface area contributed by atoms with Crippen LogP contribution in [0.25, 0.3) is 5.69 Å². The molecular weight excluding hydrogens is 365 g/mol. The summed E-state index contributed by atoms with van der Waals surface area (Å²) in [6.45, 7) is 8.78. The van der Waals surface area contributed by atoms with Gasteiger partial charge in [0.15, 0.2) is 0 Å². The van der Waals surface area contributed by atoms with Crippen molar-refractivity contribution < 1.29 is 9.18 Å². The highest BCUT2D eigenvalue weighted by molar-refractivity contribution is 5.96. The molecule has 6 heteroatoms. The monoisotopic (exact) mass is 393 g/mol. The lowest BCUT2D eigenvalue weighted by Gasteiger charge is -2.34. The lowest BCUT2D eigenvalue weighted by molar-refractivity contribution is 0.0642. The van der Waals surface area contributed by atoms with Crippen molar-refractivity contribution in [1.82, 2.24) is 14.8 Å². The largest absolute Gasteiger partial charge is 0.336 e. The van der Waals surface area contributed by atoms with Crippen LogP contribution in [0.3, 0.4) is 0 Å². The molecule has 1 saturated heterocycles. The first-order valence-electron chi connectivity index (χ1n) is 9.49. The third-order valence-corrected chi connectivity index (χ3v) is 5.22. The van der Waals surface area contributed by atoms with E-state index in [9.17, 15) is 9.18 Å². The fraction of sp³-hybridized carbons (Fsp3) is 0.476. The summed E-state index contributed by atoms with van der Waals surface area (Å²) in [5, 5.41) is 3.37. The van der Waals surface area contributed by atoms with Crippen LogP contribution in [-0.2, 0) is 0 Å². The van der Waals surface area contributed by atoms with Crippen LogP contribution in [0.5, 0.6) is 0 Å². The molecule has 1 fully saturated rings. The smallest absolute Gasteiger partial charge is 0.255 e. The molecule has 4 nitrogen and oxygen atoms in total. The summed E-state index contributed by atoms with van der Waals surface area (Å²) in [4.78, 5) is 15.4. The van der Waals surface area contributed by atoms with Gasteiger partial charge < -0.3 is 14.8 Å². The Hall–Kier alpha value is -1.85. The molecule has 1 aliphatic heterocycles. The molecule has 1 N–H and O–H groups in total. The van der Waals surface area contributed by atoms with Gasteiger partial charge in [0.25, 0.3) is 5.91 Å². The lowest BCUT2D eigenvalue weighted by Crippen LogP contribution is -2.46. The summed E-state index contributed by atoms with van der Waals surface area (Å²) in [6, 6.07) is 8.67. The Bertz CT molecular complexity index is 766. The molecule has 0 bridgehead atoms. The number of rotatable bonds is 5. The summed E-state index contributed by atoms with van der Waals surface area (Å²) < 4.78 is 15.3. The summed E-state index contributed by atoms with van der Waals surface area (Å²) >= 11 is 0. The molecule has 3 rings (SSSR count). The van der Waals surface area contributed by atoms with Crippen LogP contribution in [0.4, 0.5) is 4.39 Å². The zero-order chi connectivity index (χ0) is 18.7. The number of nitrogens with zero attached hydrogens (tertiary/aromatic N) is 2. The van der Waals surface area contributed by atoms with Gasteiger partial charge in [-0.15, -0.1) is 12.4 Å². The number of aromatic nitrogens is 1. The Kier molecular flexibility index (Phi) is 7.45.